The molecule has 0 bridgehead atoms. The van der Waals surface area contributed by atoms with Crippen LogP contribution in [0.15, 0.2) is 52.1 Å². The first-order chi connectivity index (χ1) is 13.0. The van der Waals surface area contributed by atoms with Crippen LogP contribution in [0.5, 0.6) is 0 Å². The van der Waals surface area contributed by atoms with Crippen molar-refractivity contribution in [2.75, 3.05) is 13.7 Å². The van der Waals surface area contributed by atoms with E-state index in [2.05, 4.69) is 10.3 Å². The summed E-state index contributed by atoms with van der Waals surface area (Å²) in [5.74, 6) is -0.717. The number of hydrogen-bond donors (Lipinski definition) is 2. The van der Waals surface area contributed by atoms with Gasteiger partial charge in [-0.15, -0.1) is 0 Å². The summed E-state index contributed by atoms with van der Waals surface area (Å²) in [5, 5.41) is 3.02. The van der Waals surface area contributed by atoms with E-state index in [9.17, 15) is 18.8 Å². The minimum atomic E-state index is -0.562. The Balaban J connectivity index is 1.83. The molecule has 0 aliphatic heterocycles. The average Bonchev–Trinajstić information content (AvgIpc) is 2.66. The molecule has 2 N–H and O–H groups in total. The molecule has 1 heterocycles. The Labute approximate surface area is 153 Å². The van der Waals surface area contributed by atoms with Crippen molar-refractivity contribution in [3.05, 3.63) is 80.2 Å². The number of fused-ring (bicyclic) bond motifs is 1. The highest BCUT2D eigenvalue weighted by molar-refractivity contribution is 5.97. The highest BCUT2D eigenvalue weighted by atomic mass is 19.1. The molecular weight excluding hydrogens is 353 g/mol. The Kier molecular flexibility index (Phi) is 5.46. The van der Waals surface area contributed by atoms with Crippen LogP contribution < -0.4 is 16.6 Å². The number of hydrogen-bond acceptors (Lipinski definition) is 4. The lowest BCUT2D eigenvalue weighted by Crippen LogP contribution is -2.36. The summed E-state index contributed by atoms with van der Waals surface area (Å²) in [6.45, 7) is 0.602. The van der Waals surface area contributed by atoms with E-state index in [0.29, 0.717) is 10.9 Å². The van der Waals surface area contributed by atoms with Crippen LogP contribution in [0.3, 0.4) is 0 Å². The zero-order valence-corrected chi connectivity index (χ0v) is 14.6. The van der Waals surface area contributed by atoms with Crippen LogP contribution in [0.1, 0.15) is 15.9 Å². The van der Waals surface area contributed by atoms with Crippen molar-refractivity contribution in [2.24, 2.45) is 0 Å². The van der Waals surface area contributed by atoms with Crippen molar-refractivity contribution < 1.29 is 13.9 Å². The minimum Gasteiger partial charge on any atom is -0.383 e. The van der Waals surface area contributed by atoms with Gasteiger partial charge in [-0.3, -0.25) is 14.2 Å². The van der Waals surface area contributed by atoms with Crippen molar-refractivity contribution in [3.63, 3.8) is 0 Å². The lowest BCUT2D eigenvalue weighted by atomic mass is 10.1. The summed E-state index contributed by atoms with van der Waals surface area (Å²) in [6.07, 6.45) is 0. The fourth-order valence-electron chi connectivity index (χ4n) is 2.67. The lowest BCUT2D eigenvalue weighted by molar-refractivity contribution is 0.0951. The van der Waals surface area contributed by atoms with Gasteiger partial charge in [-0.1, -0.05) is 12.1 Å². The highest BCUT2D eigenvalue weighted by Crippen LogP contribution is 2.10. The van der Waals surface area contributed by atoms with Crippen LogP contribution in [0.25, 0.3) is 10.9 Å². The Morgan fingerprint density at radius 2 is 1.93 bits per heavy atom. The van der Waals surface area contributed by atoms with Crippen molar-refractivity contribution >= 4 is 16.8 Å². The quantitative estimate of drug-likeness (QED) is 0.685. The molecular formula is C19H18FN3O4. The van der Waals surface area contributed by atoms with Crippen molar-refractivity contribution in [2.45, 2.75) is 13.1 Å². The van der Waals surface area contributed by atoms with E-state index in [1.807, 2.05) is 0 Å². The van der Waals surface area contributed by atoms with Crippen LogP contribution in [-0.4, -0.2) is 29.2 Å². The fraction of sp³-hybridized carbons (Fsp3) is 0.211. The highest BCUT2D eigenvalue weighted by Gasteiger charge is 2.11. The Bertz CT molecular complexity index is 1090. The number of H-pyrrole nitrogens is 1. The summed E-state index contributed by atoms with van der Waals surface area (Å²) in [7, 11) is 1.48. The van der Waals surface area contributed by atoms with Gasteiger partial charge < -0.3 is 15.0 Å². The molecule has 27 heavy (non-hydrogen) atoms. The molecule has 8 heteroatoms. The molecule has 0 spiro atoms. The number of ether oxygens (including phenoxy) is 1. The number of carbonyl (C=O) groups is 1. The zero-order chi connectivity index (χ0) is 19.4. The van der Waals surface area contributed by atoms with Gasteiger partial charge in [-0.2, -0.15) is 0 Å². The maximum Gasteiger partial charge on any atom is 0.328 e. The van der Waals surface area contributed by atoms with E-state index in [4.69, 9.17) is 4.74 Å². The average molecular weight is 371 g/mol. The first-order valence-electron chi connectivity index (χ1n) is 8.28. The first-order valence-corrected chi connectivity index (χ1v) is 8.28. The number of rotatable bonds is 6. The summed E-state index contributed by atoms with van der Waals surface area (Å²) in [5.41, 5.74) is 0.333. The summed E-state index contributed by atoms with van der Waals surface area (Å²) >= 11 is 0. The third-order valence-electron chi connectivity index (χ3n) is 4.13. The summed E-state index contributed by atoms with van der Waals surface area (Å²) in [4.78, 5) is 39.5. The summed E-state index contributed by atoms with van der Waals surface area (Å²) in [6, 6.07) is 10.3. The molecule has 2 aromatic carbocycles. The Morgan fingerprint density at radius 3 is 2.63 bits per heavy atom. The van der Waals surface area contributed by atoms with Gasteiger partial charge in [0.2, 0.25) is 0 Å². The van der Waals surface area contributed by atoms with Crippen LogP contribution in [0.4, 0.5) is 4.39 Å². The lowest BCUT2D eigenvalue weighted by Gasteiger charge is -2.08. The van der Waals surface area contributed by atoms with Crippen LogP contribution in [0.2, 0.25) is 0 Å². The fourth-order valence-corrected chi connectivity index (χ4v) is 2.67. The molecule has 3 aromatic rings. The molecule has 0 atom stereocenters. The monoisotopic (exact) mass is 371 g/mol. The number of benzene rings is 2. The minimum absolute atomic E-state index is 0.139. The number of aromatic nitrogens is 2. The molecule has 0 unspecified atom stereocenters. The van der Waals surface area contributed by atoms with Gasteiger partial charge >= 0.3 is 5.69 Å². The molecule has 7 nitrogen and oxygen atoms in total. The smallest absolute Gasteiger partial charge is 0.328 e. The third-order valence-corrected chi connectivity index (χ3v) is 4.13. The first kappa shape index (κ1) is 18.5. The van der Waals surface area contributed by atoms with Crippen LogP contribution in [-0.2, 0) is 17.8 Å². The number of amides is 1. The van der Waals surface area contributed by atoms with E-state index in [1.165, 1.54) is 37.4 Å². The van der Waals surface area contributed by atoms with E-state index in [0.717, 1.165) is 10.1 Å². The number of nitrogens with one attached hydrogen (secondary N) is 2. The molecule has 0 fully saturated rings. The summed E-state index contributed by atoms with van der Waals surface area (Å²) < 4.78 is 18.9. The second-order valence-corrected chi connectivity index (χ2v) is 5.95. The largest absolute Gasteiger partial charge is 0.383 e. The van der Waals surface area contributed by atoms with Gasteiger partial charge in [0, 0.05) is 19.2 Å². The van der Waals surface area contributed by atoms with Gasteiger partial charge in [0.25, 0.3) is 11.5 Å². The van der Waals surface area contributed by atoms with Gasteiger partial charge in [0.05, 0.1) is 24.1 Å². The molecule has 0 saturated carbocycles. The van der Waals surface area contributed by atoms with Crippen molar-refractivity contribution in [1.29, 1.82) is 0 Å². The van der Waals surface area contributed by atoms with Crippen LogP contribution in [0, 0.1) is 5.82 Å². The van der Waals surface area contributed by atoms with Gasteiger partial charge in [0.15, 0.2) is 0 Å². The third kappa shape index (κ3) is 4.12. The van der Waals surface area contributed by atoms with Crippen molar-refractivity contribution in [3.8, 4) is 0 Å². The molecule has 140 valence electrons. The molecule has 3 rings (SSSR count). The van der Waals surface area contributed by atoms with Gasteiger partial charge in [-0.05, 0) is 35.9 Å². The molecule has 1 amide bonds. The van der Waals surface area contributed by atoms with E-state index >= 15 is 0 Å². The van der Waals surface area contributed by atoms with E-state index in [1.54, 1.807) is 12.1 Å². The maximum absolute atomic E-state index is 12.9. The SMILES string of the molecule is COCCn1c(=O)[nH]c2cc(C(=O)NCc3ccc(F)cc3)ccc2c1=O. The normalized spacial score (nSPS) is 10.9. The molecule has 0 radical (unpaired) electrons. The van der Waals surface area contributed by atoms with Gasteiger partial charge in [-0.25, -0.2) is 9.18 Å². The maximum atomic E-state index is 12.9. The zero-order valence-electron chi connectivity index (χ0n) is 14.6. The predicted octanol–water partition coefficient (Wildman–Crippen LogP) is 1.41. The Morgan fingerprint density at radius 1 is 1.19 bits per heavy atom. The molecule has 0 saturated heterocycles. The number of aromatic amines is 1. The predicted molar refractivity (Wildman–Crippen MR) is 98.3 cm³/mol. The second kappa shape index (κ2) is 7.96. The number of carbonyl (C=O) groups excluding carboxylic acids is 1. The number of nitrogens with zero attached hydrogens (tertiary/aromatic N) is 1. The topological polar surface area (TPSA) is 93.2 Å². The molecule has 0 aliphatic rings. The number of methoxy groups -OCH3 is 1. The van der Waals surface area contributed by atoms with Gasteiger partial charge in [0.1, 0.15) is 5.82 Å². The number of halogens is 1. The van der Waals surface area contributed by atoms with E-state index < -0.39 is 11.2 Å². The standard InChI is InChI=1S/C19H18FN3O4/c1-27-9-8-23-18(25)15-7-4-13(10-16(15)22-19(23)26)17(24)21-11-12-2-5-14(20)6-3-12/h2-7,10H,8-9,11H2,1H3,(H,21,24)(H,22,26). The van der Waals surface area contributed by atoms with E-state index in [-0.39, 0.29) is 36.9 Å². The molecule has 0 aliphatic carbocycles. The molecule has 1 aromatic heterocycles. The second-order valence-electron chi connectivity index (χ2n) is 5.95. The van der Waals surface area contributed by atoms with Crippen molar-refractivity contribution in [1.82, 2.24) is 14.9 Å². The Hall–Kier alpha value is -3.26. The van der Waals surface area contributed by atoms with Crippen LogP contribution >= 0.6 is 0 Å².